The number of likely N-dealkylation sites (N-methyl/N-ethyl adjacent to an activating group) is 1. The number of carbonyl (C=O) groups is 2. The van der Waals surface area contributed by atoms with E-state index in [1.165, 1.54) is 122 Å². The Balaban J connectivity index is 4.36. The smallest absolute Gasteiger partial charge is 0.306 e. The van der Waals surface area contributed by atoms with Gasteiger partial charge in [0.2, 0.25) is 0 Å². The van der Waals surface area contributed by atoms with Gasteiger partial charge in [0.15, 0.2) is 6.10 Å². The van der Waals surface area contributed by atoms with Gasteiger partial charge in [0.05, 0.1) is 27.7 Å². The molecule has 0 aromatic rings. The number of ether oxygens (including phenoxy) is 2. The van der Waals surface area contributed by atoms with Gasteiger partial charge >= 0.3 is 11.9 Å². The monoisotopic (exact) mass is 918 g/mol. The molecule has 0 N–H and O–H groups in total. The van der Waals surface area contributed by atoms with Gasteiger partial charge in [-0.1, -0.05) is 189 Å². The molecule has 370 valence electrons. The number of esters is 2. The normalized spacial score (nSPS) is 14.0. The van der Waals surface area contributed by atoms with Crippen molar-refractivity contribution in [1.82, 2.24) is 0 Å². The van der Waals surface area contributed by atoms with E-state index in [2.05, 4.69) is 74.6 Å². The van der Waals surface area contributed by atoms with Gasteiger partial charge < -0.3 is 27.9 Å². The van der Waals surface area contributed by atoms with Crippen LogP contribution in [-0.4, -0.2) is 70.0 Å². The molecule has 0 aliphatic carbocycles. The second kappa shape index (κ2) is 45.6. The van der Waals surface area contributed by atoms with E-state index in [0.717, 1.165) is 44.9 Å². The summed E-state index contributed by atoms with van der Waals surface area (Å²) in [5.41, 5.74) is 0. The second-order valence-electron chi connectivity index (χ2n) is 18.2. The minimum absolute atomic E-state index is 0.0445. The van der Waals surface area contributed by atoms with Crippen molar-refractivity contribution in [1.29, 1.82) is 0 Å². The molecular weight excluding hydrogens is 822 g/mol. The van der Waals surface area contributed by atoms with Crippen LogP contribution in [0.1, 0.15) is 206 Å². The van der Waals surface area contributed by atoms with Crippen molar-refractivity contribution in [2.75, 3.05) is 47.5 Å². The number of nitrogens with zero attached hydrogens (tertiary/aromatic N) is 1. The maximum absolute atomic E-state index is 12.7. The number of unbranched alkanes of at least 4 members (excludes halogenated alkanes) is 20. The molecule has 0 rings (SSSR count). The Kier molecular flexibility index (Phi) is 43.8. The lowest BCUT2D eigenvalue weighted by Crippen LogP contribution is -2.37. The molecule has 0 radical (unpaired) electrons. The van der Waals surface area contributed by atoms with Crippen LogP contribution >= 0.6 is 7.82 Å². The molecule has 0 aliphatic rings. The van der Waals surface area contributed by atoms with E-state index in [9.17, 15) is 19.0 Å². The van der Waals surface area contributed by atoms with E-state index in [0.29, 0.717) is 23.9 Å². The third kappa shape index (κ3) is 48.9. The Labute approximate surface area is 393 Å². The van der Waals surface area contributed by atoms with Crippen LogP contribution in [0.25, 0.3) is 0 Å². The maximum Gasteiger partial charge on any atom is 0.306 e. The highest BCUT2D eigenvalue weighted by Crippen LogP contribution is 2.38. The Bertz CT molecular complexity index is 1310. The number of phosphoric ester groups is 1. The van der Waals surface area contributed by atoms with Gasteiger partial charge in [-0.25, -0.2) is 0 Å². The van der Waals surface area contributed by atoms with Gasteiger partial charge in [0, 0.05) is 12.8 Å². The summed E-state index contributed by atoms with van der Waals surface area (Å²) in [6, 6.07) is 0. The molecule has 1 unspecified atom stereocenters. The average molecular weight is 918 g/mol. The molecule has 0 amide bonds. The molecular formula is C54H96NO8P. The number of hydrogen-bond donors (Lipinski definition) is 0. The molecule has 10 heteroatoms. The number of carbonyl (C=O) groups excluding carboxylic acids is 2. The van der Waals surface area contributed by atoms with Crippen molar-refractivity contribution in [3.05, 3.63) is 72.9 Å². The highest BCUT2D eigenvalue weighted by Gasteiger charge is 2.21. The number of allylic oxidation sites excluding steroid dienone is 12. The summed E-state index contributed by atoms with van der Waals surface area (Å²) in [6.45, 7) is 4.12. The van der Waals surface area contributed by atoms with Gasteiger partial charge in [-0.2, -0.15) is 0 Å². The molecule has 0 spiro atoms. The first-order chi connectivity index (χ1) is 31.0. The lowest BCUT2D eigenvalue weighted by molar-refractivity contribution is -0.870. The molecule has 0 heterocycles. The van der Waals surface area contributed by atoms with Crippen molar-refractivity contribution in [3.63, 3.8) is 0 Å². The molecule has 0 aromatic carbocycles. The van der Waals surface area contributed by atoms with E-state index in [1.54, 1.807) is 0 Å². The van der Waals surface area contributed by atoms with Crippen LogP contribution < -0.4 is 4.89 Å². The fourth-order valence-electron chi connectivity index (χ4n) is 6.69. The first kappa shape index (κ1) is 61.5. The number of rotatable bonds is 46. The number of quaternary nitrogens is 1. The van der Waals surface area contributed by atoms with E-state index in [1.807, 2.05) is 33.3 Å². The molecule has 0 saturated heterocycles. The zero-order valence-electron chi connectivity index (χ0n) is 41.7. The molecule has 0 aliphatic heterocycles. The van der Waals surface area contributed by atoms with Crippen molar-refractivity contribution in [2.45, 2.75) is 213 Å². The van der Waals surface area contributed by atoms with Crippen molar-refractivity contribution in [2.24, 2.45) is 0 Å². The van der Waals surface area contributed by atoms with Crippen LogP contribution in [0.15, 0.2) is 72.9 Å². The number of phosphoric acid groups is 1. The maximum atomic E-state index is 12.7. The second-order valence-corrected chi connectivity index (χ2v) is 19.6. The highest BCUT2D eigenvalue weighted by molar-refractivity contribution is 7.45. The summed E-state index contributed by atoms with van der Waals surface area (Å²) in [4.78, 5) is 37.7. The van der Waals surface area contributed by atoms with Crippen LogP contribution in [0.5, 0.6) is 0 Å². The fraction of sp³-hybridized carbons (Fsp3) is 0.741. The van der Waals surface area contributed by atoms with Crippen LogP contribution in [0.3, 0.4) is 0 Å². The summed E-state index contributed by atoms with van der Waals surface area (Å²) < 4.78 is 33.9. The van der Waals surface area contributed by atoms with E-state index in [4.69, 9.17) is 18.5 Å². The predicted molar refractivity (Wildman–Crippen MR) is 268 cm³/mol. The van der Waals surface area contributed by atoms with Crippen LogP contribution in [0, 0.1) is 0 Å². The zero-order valence-corrected chi connectivity index (χ0v) is 42.6. The molecule has 0 bridgehead atoms. The summed E-state index contributed by atoms with van der Waals surface area (Å²) >= 11 is 0. The molecule has 0 aromatic heterocycles. The van der Waals surface area contributed by atoms with Gasteiger partial charge in [-0.3, -0.25) is 14.2 Å². The molecule has 0 saturated carbocycles. The van der Waals surface area contributed by atoms with Crippen molar-refractivity contribution in [3.8, 4) is 0 Å². The fourth-order valence-corrected chi connectivity index (χ4v) is 7.42. The van der Waals surface area contributed by atoms with E-state index in [-0.39, 0.29) is 26.1 Å². The van der Waals surface area contributed by atoms with Crippen LogP contribution in [-0.2, 0) is 32.7 Å². The molecule has 64 heavy (non-hydrogen) atoms. The first-order valence-corrected chi connectivity index (χ1v) is 27.1. The average Bonchev–Trinajstić information content (AvgIpc) is 3.25. The summed E-state index contributed by atoms with van der Waals surface area (Å²) in [6.07, 6.45) is 58.0. The minimum Gasteiger partial charge on any atom is -0.756 e. The van der Waals surface area contributed by atoms with Gasteiger partial charge in [-0.05, 0) is 77.0 Å². The summed E-state index contributed by atoms with van der Waals surface area (Å²) in [7, 11) is 1.12. The number of hydrogen-bond acceptors (Lipinski definition) is 8. The standard InChI is InChI=1S/C54H96NO8P/c1-6-8-10-12-14-16-18-20-22-24-26-27-29-31-33-35-37-39-41-43-45-47-54(57)63-52(51-62-64(58,59)61-49-48-55(3,4)5)50-60-53(56)46-44-42-40-38-36-34-32-30-28-25-23-21-19-17-15-13-11-9-7-2/h15,17,20-23,28,30,34,36,40,42,52H,6-14,16,18-19,24-27,29,31-33,35,37-39,41,43-51H2,1-5H3/b17-15-,22-20-,23-21-,30-28-,36-34-,42-40-/t52-/m1/s1. The first-order valence-electron chi connectivity index (χ1n) is 25.6. The summed E-state index contributed by atoms with van der Waals surface area (Å²) in [5.74, 6) is -0.931. The van der Waals surface area contributed by atoms with Gasteiger partial charge in [0.25, 0.3) is 7.82 Å². The van der Waals surface area contributed by atoms with Crippen LogP contribution in [0.2, 0.25) is 0 Å². The molecule has 0 fully saturated rings. The zero-order chi connectivity index (χ0) is 47.1. The van der Waals surface area contributed by atoms with Gasteiger partial charge in [-0.15, -0.1) is 0 Å². The SMILES string of the molecule is CCCCC/C=C\C/C=C\C/C=C\C/C=C\C/C=C\CCC(=O)OC[C@H](COP(=O)([O-])OCC[N+](C)(C)C)OC(=O)CCCCCCCCCCCCC/C=C\CCCCCCCC. The lowest BCUT2D eigenvalue weighted by Gasteiger charge is -2.28. The van der Waals surface area contributed by atoms with Gasteiger partial charge in [0.1, 0.15) is 19.8 Å². The Morgan fingerprint density at radius 2 is 0.875 bits per heavy atom. The highest BCUT2D eigenvalue weighted by atomic mass is 31.2. The third-order valence-electron chi connectivity index (χ3n) is 10.7. The van der Waals surface area contributed by atoms with E-state index < -0.39 is 32.5 Å². The third-order valence-corrected chi connectivity index (χ3v) is 11.7. The predicted octanol–water partition coefficient (Wildman–Crippen LogP) is 14.7. The Morgan fingerprint density at radius 3 is 1.36 bits per heavy atom. The topological polar surface area (TPSA) is 111 Å². The van der Waals surface area contributed by atoms with Crippen LogP contribution in [0.4, 0.5) is 0 Å². The van der Waals surface area contributed by atoms with E-state index >= 15 is 0 Å². The molecule has 9 nitrogen and oxygen atoms in total. The lowest BCUT2D eigenvalue weighted by atomic mass is 10.0. The molecule has 2 atom stereocenters. The van der Waals surface area contributed by atoms with Crippen molar-refractivity contribution < 1.29 is 42.1 Å². The largest absolute Gasteiger partial charge is 0.756 e. The quantitative estimate of drug-likeness (QED) is 0.0195. The minimum atomic E-state index is -4.65. The summed E-state index contributed by atoms with van der Waals surface area (Å²) in [5, 5.41) is 0. The Morgan fingerprint density at radius 1 is 0.484 bits per heavy atom. The Hall–Kier alpha value is -2.55. The van der Waals surface area contributed by atoms with Crippen molar-refractivity contribution >= 4 is 19.8 Å².